The highest BCUT2D eigenvalue weighted by atomic mass is 16.5. The smallest absolute Gasteiger partial charge is 0.255 e. The number of hydrogen-bond acceptors (Lipinski definition) is 5. The third-order valence-electron chi connectivity index (χ3n) is 7.28. The van der Waals surface area contributed by atoms with E-state index in [9.17, 15) is 14.7 Å². The summed E-state index contributed by atoms with van der Waals surface area (Å²) in [5.74, 6) is 0.568. The molecule has 31 heavy (non-hydrogen) atoms. The Morgan fingerprint density at radius 1 is 1.10 bits per heavy atom. The van der Waals surface area contributed by atoms with E-state index in [0.717, 1.165) is 62.2 Å². The van der Waals surface area contributed by atoms with E-state index >= 15 is 0 Å². The molecule has 0 spiro atoms. The molecule has 7 heteroatoms. The van der Waals surface area contributed by atoms with Crippen molar-refractivity contribution in [3.63, 3.8) is 0 Å². The van der Waals surface area contributed by atoms with E-state index in [0.29, 0.717) is 31.0 Å². The van der Waals surface area contributed by atoms with Crippen LogP contribution >= 0.6 is 0 Å². The number of aliphatic hydroxyl groups excluding tert-OH is 1. The predicted octanol–water partition coefficient (Wildman–Crippen LogP) is 2.19. The molecule has 4 aliphatic rings. The second kappa shape index (κ2) is 8.28. The third-order valence-corrected chi connectivity index (χ3v) is 7.28. The number of amides is 2. The van der Waals surface area contributed by atoms with E-state index in [1.807, 2.05) is 18.2 Å². The first-order valence-electron chi connectivity index (χ1n) is 11.5. The van der Waals surface area contributed by atoms with Gasteiger partial charge in [0.25, 0.3) is 5.91 Å². The van der Waals surface area contributed by atoms with Crippen molar-refractivity contribution in [2.45, 2.75) is 75.8 Å². The third kappa shape index (κ3) is 3.96. The highest BCUT2D eigenvalue weighted by Gasteiger charge is 2.39. The van der Waals surface area contributed by atoms with Crippen molar-refractivity contribution in [3.8, 4) is 5.75 Å². The van der Waals surface area contributed by atoms with Crippen LogP contribution in [-0.2, 0) is 11.3 Å². The molecule has 1 aromatic rings. The van der Waals surface area contributed by atoms with Gasteiger partial charge in [-0.05, 0) is 68.7 Å². The van der Waals surface area contributed by atoms with Gasteiger partial charge in [0.2, 0.25) is 5.91 Å². The molecule has 1 saturated carbocycles. The van der Waals surface area contributed by atoms with Gasteiger partial charge >= 0.3 is 0 Å². The number of allylic oxidation sites excluding steroid dienone is 1. The number of hydrogen-bond donors (Lipinski definition) is 2. The Hall–Kier alpha value is -2.38. The van der Waals surface area contributed by atoms with Gasteiger partial charge in [0, 0.05) is 36.9 Å². The zero-order chi connectivity index (χ0) is 21.5. The number of benzene rings is 1. The van der Waals surface area contributed by atoms with Crippen molar-refractivity contribution in [2.75, 3.05) is 13.1 Å². The number of carbonyl (C=O) groups is 2. The number of aliphatic hydroxyl groups is 1. The molecule has 5 rings (SSSR count). The van der Waals surface area contributed by atoms with Crippen LogP contribution in [0.2, 0.25) is 0 Å². The molecule has 0 radical (unpaired) electrons. The van der Waals surface area contributed by atoms with E-state index in [1.54, 1.807) is 4.90 Å². The van der Waals surface area contributed by atoms with Gasteiger partial charge in [-0.1, -0.05) is 6.58 Å². The highest BCUT2D eigenvalue weighted by Crippen LogP contribution is 2.34. The number of nitrogens with zero attached hydrogens (tertiary/aromatic N) is 2. The lowest BCUT2D eigenvalue weighted by Gasteiger charge is -2.37. The van der Waals surface area contributed by atoms with Crippen LogP contribution in [0.3, 0.4) is 0 Å². The Morgan fingerprint density at radius 3 is 2.68 bits per heavy atom. The number of fused-ring (bicyclic) bond motifs is 1. The molecular weight excluding hydrogens is 394 g/mol. The quantitative estimate of drug-likeness (QED) is 0.773. The lowest BCUT2D eigenvalue weighted by atomic mass is 10.0. The van der Waals surface area contributed by atoms with Gasteiger partial charge in [-0.3, -0.25) is 14.5 Å². The number of ether oxygens (including phenoxy) is 1. The Balaban J connectivity index is 1.27. The molecule has 1 aliphatic carbocycles. The summed E-state index contributed by atoms with van der Waals surface area (Å²) in [5.41, 5.74) is 2.31. The van der Waals surface area contributed by atoms with E-state index in [4.69, 9.17) is 4.74 Å². The maximum absolute atomic E-state index is 12.9. The summed E-state index contributed by atoms with van der Waals surface area (Å²) < 4.78 is 6.42. The summed E-state index contributed by atoms with van der Waals surface area (Å²) in [6, 6.07) is 5.65. The second-order valence-electron chi connectivity index (χ2n) is 9.32. The number of nitrogens with one attached hydrogen (secondary N) is 1. The summed E-state index contributed by atoms with van der Waals surface area (Å²) in [6.45, 7) is 6.11. The average Bonchev–Trinajstić information content (AvgIpc) is 3.33. The normalized spacial score (nSPS) is 29.9. The van der Waals surface area contributed by atoms with Crippen molar-refractivity contribution >= 4 is 11.8 Å². The summed E-state index contributed by atoms with van der Waals surface area (Å²) in [5, 5.41) is 12.6. The van der Waals surface area contributed by atoms with Crippen molar-refractivity contribution in [1.82, 2.24) is 15.1 Å². The standard InChI is InChI=1S/C24H31N3O4/c1-15-5-8-21(23(29)25-15)27-14-16-13-18(6-7-19(16)24(27)30)31-22-4-2-3-20(22)26-11-9-17(28)10-12-26/h6-7,13,17,20-22,28H,1-5,8-12,14H2,(H,25,29)/t20-,21?,22-/m1/s1. The molecule has 0 bridgehead atoms. The predicted molar refractivity (Wildman–Crippen MR) is 115 cm³/mol. The highest BCUT2D eigenvalue weighted by molar-refractivity contribution is 6.01. The van der Waals surface area contributed by atoms with Crippen molar-refractivity contribution in [2.24, 2.45) is 0 Å². The maximum Gasteiger partial charge on any atom is 0.255 e. The number of piperidine rings is 2. The minimum atomic E-state index is -0.441. The summed E-state index contributed by atoms with van der Waals surface area (Å²) in [7, 11) is 0. The molecule has 3 fully saturated rings. The monoisotopic (exact) mass is 425 g/mol. The molecule has 1 aromatic carbocycles. The van der Waals surface area contributed by atoms with Crippen LogP contribution < -0.4 is 10.1 Å². The van der Waals surface area contributed by atoms with Crippen LogP contribution in [0.1, 0.15) is 60.9 Å². The van der Waals surface area contributed by atoms with E-state index in [-0.39, 0.29) is 24.0 Å². The van der Waals surface area contributed by atoms with Crippen molar-refractivity contribution in [3.05, 3.63) is 41.6 Å². The summed E-state index contributed by atoms with van der Waals surface area (Å²) in [6.07, 6.45) is 6.24. The van der Waals surface area contributed by atoms with Gasteiger partial charge in [-0.25, -0.2) is 0 Å². The molecule has 3 heterocycles. The van der Waals surface area contributed by atoms with Gasteiger partial charge < -0.3 is 20.1 Å². The summed E-state index contributed by atoms with van der Waals surface area (Å²) >= 11 is 0. The molecular formula is C24H31N3O4. The summed E-state index contributed by atoms with van der Waals surface area (Å²) in [4.78, 5) is 29.4. The topological polar surface area (TPSA) is 82.1 Å². The van der Waals surface area contributed by atoms with Gasteiger partial charge in [-0.15, -0.1) is 0 Å². The zero-order valence-corrected chi connectivity index (χ0v) is 17.9. The van der Waals surface area contributed by atoms with Crippen molar-refractivity contribution in [1.29, 1.82) is 0 Å². The van der Waals surface area contributed by atoms with Crippen LogP contribution in [-0.4, -0.2) is 64.1 Å². The number of likely N-dealkylation sites (tertiary alicyclic amines) is 1. The fourth-order valence-corrected chi connectivity index (χ4v) is 5.56. The zero-order valence-electron chi connectivity index (χ0n) is 17.9. The van der Waals surface area contributed by atoms with E-state index < -0.39 is 6.04 Å². The van der Waals surface area contributed by atoms with Crippen LogP contribution in [0, 0.1) is 0 Å². The van der Waals surface area contributed by atoms with Crippen LogP contribution in [0.25, 0.3) is 0 Å². The lowest BCUT2D eigenvalue weighted by molar-refractivity contribution is -0.126. The maximum atomic E-state index is 12.9. The first-order valence-corrected chi connectivity index (χ1v) is 11.5. The van der Waals surface area contributed by atoms with Crippen LogP contribution in [0.15, 0.2) is 30.5 Å². The Morgan fingerprint density at radius 2 is 1.90 bits per heavy atom. The SMILES string of the molecule is C=C1CCC(N2Cc3cc(O[C@@H]4CCC[C@H]4N4CCC(O)CC4)ccc3C2=O)C(=O)N1. The minimum absolute atomic E-state index is 0.0835. The van der Waals surface area contributed by atoms with Gasteiger partial charge in [0.05, 0.1) is 6.10 Å². The van der Waals surface area contributed by atoms with Gasteiger partial charge in [0.1, 0.15) is 17.9 Å². The molecule has 0 aromatic heterocycles. The molecule has 7 nitrogen and oxygen atoms in total. The first kappa shape index (κ1) is 20.5. The van der Waals surface area contributed by atoms with Crippen LogP contribution in [0.5, 0.6) is 5.75 Å². The number of carbonyl (C=O) groups excluding carboxylic acids is 2. The first-order chi connectivity index (χ1) is 15.0. The van der Waals surface area contributed by atoms with E-state index in [1.165, 1.54) is 0 Å². The Kier molecular flexibility index (Phi) is 5.48. The number of rotatable bonds is 4. The minimum Gasteiger partial charge on any atom is -0.489 e. The fourth-order valence-electron chi connectivity index (χ4n) is 5.56. The fraction of sp³-hybridized carbons (Fsp3) is 0.583. The molecule has 3 atom stereocenters. The Labute approximate surface area is 183 Å². The van der Waals surface area contributed by atoms with E-state index in [2.05, 4.69) is 16.8 Å². The lowest BCUT2D eigenvalue weighted by Crippen LogP contribution is -2.49. The molecule has 166 valence electrons. The van der Waals surface area contributed by atoms with Gasteiger partial charge in [-0.2, -0.15) is 0 Å². The molecule has 1 unspecified atom stereocenters. The van der Waals surface area contributed by atoms with Gasteiger partial charge in [0.15, 0.2) is 0 Å². The Bertz CT molecular complexity index is 893. The van der Waals surface area contributed by atoms with Crippen LogP contribution in [0.4, 0.5) is 0 Å². The second-order valence-corrected chi connectivity index (χ2v) is 9.32. The molecule has 2 N–H and O–H groups in total. The average molecular weight is 426 g/mol. The van der Waals surface area contributed by atoms with Crippen molar-refractivity contribution < 1.29 is 19.4 Å². The molecule has 2 saturated heterocycles. The molecule has 3 aliphatic heterocycles. The largest absolute Gasteiger partial charge is 0.489 e. The molecule has 2 amide bonds.